The molecule has 3 fully saturated rings. The molecule has 4 atom stereocenters. The quantitative estimate of drug-likeness (QED) is 0.613. The molecule has 4 aliphatic rings. The average molecular weight is 532 g/mol. The molecule has 206 valence electrons. The predicted molar refractivity (Wildman–Crippen MR) is 147 cm³/mol. The molecule has 1 spiro atoms. The molecule has 0 unspecified atom stereocenters. The minimum absolute atomic E-state index is 0.0275. The van der Waals surface area contributed by atoms with Crippen LogP contribution in [-0.4, -0.2) is 59.6 Å². The van der Waals surface area contributed by atoms with Crippen molar-refractivity contribution in [1.82, 2.24) is 4.90 Å². The highest BCUT2D eigenvalue weighted by Crippen LogP contribution is 2.54. The molecule has 0 bridgehead atoms. The first-order valence-corrected chi connectivity index (χ1v) is 14.3. The Morgan fingerprint density at radius 3 is 2.67 bits per heavy atom. The Morgan fingerprint density at radius 1 is 1.08 bits per heavy atom. The zero-order valence-corrected chi connectivity index (χ0v) is 22.6. The molecular weight excluding hydrogens is 494 g/mol. The van der Waals surface area contributed by atoms with Gasteiger partial charge in [-0.2, -0.15) is 0 Å². The second kappa shape index (κ2) is 10.4. The van der Waals surface area contributed by atoms with E-state index in [0.29, 0.717) is 32.5 Å². The normalized spacial score (nSPS) is 28.6. The number of hydrogen-bond donors (Lipinski definition) is 1. The summed E-state index contributed by atoms with van der Waals surface area (Å²) in [6.45, 7) is 3.74. The monoisotopic (exact) mass is 531 g/mol. The second-order valence-corrected chi connectivity index (χ2v) is 11.5. The van der Waals surface area contributed by atoms with Gasteiger partial charge in [0.25, 0.3) is 5.91 Å². The highest BCUT2D eigenvalue weighted by molar-refractivity contribution is 6.08. The molecule has 1 N–H and O–H groups in total. The van der Waals surface area contributed by atoms with Crippen molar-refractivity contribution in [3.63, 3.8) is 0 Å². The average Bonchev–Trinajstić information content (AvgIpc) is 3.62. The summed E-state index contributed by atoms with van der Waals surface area (Å²) in [5, 5.41) is 9.70. The molecule has 2 aromatic carbocycles. The predicted octanol–water partition coefficient (Wildman–Crippen LogP) is 3.74. The summed E-state index contributed by atoms with van der Waals surface area (Å²) in [6, 6.07) is 15.6. The number of benzene rings is 2. The van der Waals surface area contributed by atoms with Crippen LogP contribution in [0.15, 0.2) is 48.5 Å². The molecule has 3 amide bonds. The van der Waals surface area contributed by atoms with Gasteiger partial charge < -0.3 is 24.5 Å². The number of amides is 3. The largest absolute Gasteiger partial charge is 0.394 e. The second-order valence-electron chi connectivity index (χ2n) is 11.5. The summed E-state index contributed by atoms with van der Waals surface area (Å²) in [5.74, 6) is -0.184. The number of anilines is 2. The summed E-state index contributed by atoms with van der Waals surface area (Å²) in [5.41, 5.74) is 2.20. The van der Waals surface area contributed by atoms with Crippen LogP contribution in [0.25, 0.3) is 0 Å². The SMILES string of the molecule is C[C@H]1C[C@@H](CC(=O)N2CCC[C@H]2CO)O[C@]12C(=O)N(Cc1ccccc1)c1ccc(N3CCCCC3=O)cc12. The van der Waals surface area contributed by atoms with Gasteiger partial charge in [-0.15, -0.1) is 0 Å². The molecule has 0 saturated carbocycles. The van der Waals surface area contributed by atoms with E-state index in [0.717, 1.165) is 48.2 Å². The summed E-state index contributed by atoms with van der Waals surface area (Å²) in [7, 11) is 0. The van der Waals surface area contributed by atoms with Crippen molar-refractivity contribution in [3.05, 3.63) is 59.7 Å². The number of aliphatic hydroxyl groups excluding tert-OH is 1. The van der Waals surface area contributed by atoms with Crippen LogP contribution < -0.4 is 9.80 Å². The summed E-state index contributed by atoms with van der Waals surface area (Å²) >= 11 is 0. The first kappa shape index (κ1) is 26.0. The molecule has 8 nitrogen and oxygen atoms in total. The van der Waals surface area contributed by atoms with Crippen LogP contribution in [0.1, 0.15) is 63.0 Å². The molecule has 3 saturated heterocycles. The van der Waals surface area contributed by atoms with Gasteiger partial charge in [0.15, 0.2) is 5.60 Å². The number of likely N-dealkylation sites (tertiary alicyclic amines) is 1. The van der Waals surface area contributed by atoms with E-state index in [1.807, 2.05) is 60.4 Å². The lowest BCUT2D eigenvalue weighted by Gasteiger charge is -2.30. The molecule has 0 aliphatic carbocycles. The molecule has 4 heterocycles. The lowest BCUT2D eigenvalue weighted by molar-refractivity contribution is -0.150. The van der Waals surface area contributed by atoms with E-state index in [1.165, 1.54) is 0 Å². The number of carbonyl (C=O) groups excluding carboxylic acids is 3. The Bertz CT molecular complexity index is 1270. The Hall–Kier alpha value is -3.23. The van der Waals surface area contributed by atoms with Crippen molar-refractivity contribution in [1.29, 1.82) is 0 Å². The third-order valence-electron chi connectivity index (χ3n) is 9.03. The number of carbonyl (C=O) groups is 3. The smallest absolute Gasteiger partial charge is 0.264 e. The number of piperidine rings is 1. The number of ether oxygens (including phenoxy) is 1. The van der Waals surface area contributed by atoms with E-state index >= 15 is 0 Å². The Kier molecular flexibility index (Phi) is 6.93. The van der Waals surface area contributed by atoms with Crippen LogP contribution in [0, 0.1) is 5.92 Å². The Morgan fingerprint density at radius 2 is 1.90 bits per heavy atom. The maximum atomic E-state index is 14.3. The van der Waals surface area contributed by atoms with Crippen molar-refractivity contribution >= 4 is 29.1 Å². The minimum atomic E-state index is -1.20. The first-order valence-electron chi connectivity index (χ1n) is 14.3. The van der Waals surface area contributed by atoms with Gasteiger partial charge in [-0.3, -0.25) is 14.4 Å². The van der Waals surface area contributed by atoms with Crippen molar-refractivity contribution in [2.75, 3.05) is 29.5 Å². The number of fused-ring (bicyclic) bond motifs is 2. The summed E-state index contributed by atoms with van der Waals surface area (Å²) in [4.78, 5) is 45.7. The van der Waals surface area contributed by atoms with Gasteiger partial charge in [-0.05, 0) is 55.9 Å². The number of rotatable bonds is 6. The maximum absolute atomic E-state index is 14.3. The molecule has 0 radical (unpaired) electrons. The van der Waals surface area contributed by atoms with Crippen LogP contribution in [0.2, 0.25) is 0 Å². The third-order valence-corrected chi connectivity index (χ3v) is 9.03. The Labute approximate surface area is 229 Å². The van der Waals surface area contributed by atoms with Crippen molar-refractivity contribution in [2.24, 2.45) is 5.92 Å². The molecule has 6 rings (SSSR count). The van der Waals surface area contributed by atoms with Crippen molar-refractivity contribution in [3.8, 4) is 0 Å². The van der Waals surface area contributed by atoms with Crippen molar-refractivity contribution in [2.45, 2.75) is 76.2 Å². The van der Waals surface area contributed by atoms with Crippen molar-refractivity contribution < 1.29 is 24.2 Å². The summed E-state index contributed by atoms with van der Waals surface area (Å²) < 4.78 is 6.69. The van der Waals surface area contributed by atoms with Gasteiger partial charge in [-0.25, -0.2) is 0 Å². The van der Waals surface area contributed by atoms with E-state index in [4.69, 9.17) is 4.74 Å². The zero-order valence-electron chi connectivity index (χ0n) is 22.6. The van der Waals surface area contributed by atoms with E-state index in [9.17, 15) is 19.5 Å². The molecular formula is C31H37N3O5. The Balaban J connectivity index is 1.34. The molecule has 39 heavy (non-hydrogen) atoms. The summed E-state index contributed by atoms with van der Waals surface area (Å²) in [6.07, 6.45) is 4.46. The van der Waals surface area contributed by atoms with Gasteiger partial charge in [-0.1, -0.05) is 37.3 Å². The van der Waals surface area contributed by atoms with E-state index < -0.39 is 11.7 Å². The van der Waals surface area contributed by atoms with Gasteiger partial charge in [0.1, 0.15) is 0 Å². The van der Waals surface area contributed by atoms with E-state index in [-0.39, 0.29) is 42.7 Å². The highest BCUT2D eigenvalue weighted by Gasteiger charge is 2.60. The van der Waals surface area contributed by atoms with Crippen LogP contribution in [0.4, 0.5) is 11.4 Å². The fourth-order valence-electron chi connectivity index (χ4n) is 7.02. The minimum Gasteiger partial charge on any atom is -0.394 e. The lowest BCUT2D eigenvalue weighted by atomic mass is 9.82. The molecule has 0 aromatic heterocycles. The van der Waals surface area contributed by atoms with Gasteiger partial charge in [0, 0.05) is 36.7 Å². The topological polar surface area (TPSA) is 90.4 Å². The van der Waals surface area contributed by atoms with Crippen LogP contribution in [-0.2, 0) is 31.3 Å². The number of hydrogen-bond acceptors (Lipinski definition) is 5. The molecule has 8 heteroatoms. The first-order chi connectivity index (χ1) is 18.9. The number of nitrogens with zero attached hydrogens (tertiary/aromatic N) is 3. The van der Waals surface area contributed by atoms with Crippen LogP contribution in [0.3, 0.4) is 0 Å². The standard InChI is InChI=1S/C31H37N3O5/c1-21-16-25(18-29(37)33-15-7-10-24(33)20-35)39-31(21)26-17-23(32-14-6-5-11-28(32)36)12-13-27(26)34(30(31)38)19-22-8-3-2-4-9-22/h2-4,8-9,12-13,17,21,24-25,35H,5-7,10-11,14-16,18-20H2,1H3/t21-,24-,25-,31+/m0/s1. The lowest BCUT2D eigenvalue weighted by Crippen LogP contribution is -2.44. The van der Waals surface area contributed by atoms with Gasteiger partial charge in [0.05, 0.1) is 37.4 Å². The van der Waals surface area contributed by atoms with E-state index in [1.54, 1.807) is 9.80 Å². The fourth-order valence-corrected chi connectivity index (χ4v) is 7.02. The van der Waals surface area contributed by atoms with E-state index in [2.05, 4.69) is 0 Å². The van der Waals surface area contributed by atoms with Gasteiger partial charge >= 0.3 is 0 Å². The number of aliphatic hydroxyl groups is 1. The highest BCUT2D eigenvalue weighted by atomic mass is 16.5. The zero-order chi connectivity index (χ0) is 27.1. The van der Waals surface area contributed by atoms with Crippen LogP contribution >= 0.6 is 0 Å². The maximum Gasteiger partial charge on any atom is 0.264 e. The molecule has 4 aliphatic heterocycles. The fraction of sp³-hybridized carbons (Fsp3) is 0.516. The van der Waals surface area contributed by atoms with Gasteiger partial charge in [0.2, 0.25) is 11.8 Å². The van der Waals surface area contributed by atoms with Crippen LogP contribution in [0.5, 0.6) is 0 Å². The molecule has 2 aromatic rings. The third kappa shape index (κ3) is 4.43.